The maximum atomic E-state index is 12.5. The highest BCUT2D eigenvalue weighted by molar-refractivity contribution is 5.94. The molecule has 0 aliphatic carbocycles. The number of amides is 2. The lowest BCUT2D eigenvalue weighted by Gasteiger charge is -2.43. The number of carboxylic acid groups (broad SMARTS) is 1. The maximum Gasteiger partial charge on any atom is 0.408 e. The number of rotatable bonds is 6. The minimum Gasteiger partial charge on any atom is -0.465 e. The van der Waals surface area contributed by atoms with Crippen molar-refractivity contribution in [2.75, 3.05) is 18.0 Å². The smallest absolute Gasteiger partial charge is 0.408 e. The Kier molecular flexibility index (Phi) is 7.77. The predicted molar refractivity (Wildman–Crippen MR) is 140 cm³/mol. The summed E-state index contributed by atoms with van der Waals surface area (Å²) in [7, 11) is 0. The summed E-state index contributed by atoms with van der Waals surface area (Å²) in [6.07, 6.45) is 1.96. The van der Waals surface area contributed by atoms with E-state index in [1.54, 1.807) is 11.8 Å². The van der Waals surface area contributed by atoms with E-state index in [-0.39, 0.29) is 24.0 Å². The monoisotopic (exact) mass is 478 g/mol. The molecular weight excluding hydrogens is 440 g/mol. The molecule has 2 unspecified atom stereocenters. The van der Waals surface area contributed by atoms with E-state index in [1.165, 1.54) is 10.5 Å². The Morgan fingerprint density at radius 1 is 1.11 bits per heavy atom. The van der Waals surface area contributed by atoms with E-state index in [0.717, 1.165) is 54.9 Å². The number of nitrogens with zero attached hydrogens (tertiary/aromatic N) is 2. The highest BCUT2D eigenvalue weighted by atomic mass is 16.4. The summed E-state index contributed by atoms with van der Waals surface area (Å²) >= 11 is 0. The quantitative estimate of drug-likeness (QED) is 0.557. The van der Waals surface area contributed by atoms with Crippen molar-refractivity contribution >= 4 is 17.7 Å². The second-order valence-corrected chi connectivity index (χ2v) is 10.1. The Labute approximate surface area is 208 Å². The largest absolute Gasteiger partial charge is 0.465 e. The van der Waals surface area contributed by atoms with E-state index in [0.29, 0.717) is 12.5 Å². The number of anilines is 1. The molecule has 3 N–H and O–H groups in total. The van der Waals surface area contributed by atoms with Gasteiger partial charge in [-0.05, 0) is 87.5 Å². The van der Waals surface area contributed by atoms with Gasteiger partial charge in [0, 0.05) is 37.3 Å². The van der Waals surface area contributed by atoms with Gasteiger partial charge in [-0.1, -0.05) is 30.3 Å². The first-order valence-electron chi connectivity index (χ1n) is 12.7. The molecule has 2 aliphatic rings. The van der Waals surface area contributed by atoms with E-state index in [2.05, 4.69) is 41.0 Å². The summed E-state index contributed by atoms with van der Waals surface area (Å²) in [5.41, 5.74) is 5.05. The zero-order valence-electron chi connectivity index (χ0n) is 21.3. The molecule has 0 bridgehead atoms. The predicted octanol–water partition coefficient (Wildman–Crippen LogP) is 4.77. The normalized spacial score (nSPS) is 20.5. The molecule has 0 saturated carbocycles. The third-order valence-corrected chi connectivity index (χ3v) is 7.32. The Balaban J connectivity index is 1.62. The van der Waals surface area contributed by atoms with Crippen LogP contribution in [0.2, 0.25) is 0 Å². The van der Waals surface area contributed by atoms with E-state index >= 15 is 0 Å². The number of carbonyl (C=O) groups is 2. The molecule has 2 aliphatic heterocycles. The molecule has 1 fully saturated rings. The lowest BCUT2D eigenvalue weighted by Crippen LogP contribution is -2.48. The van der Waals surface area contributed by atoms with E-state index in [4.69, 9.17) is 0 Å². The van der Waals surface area contributed by atoms with Gasteiger partial charge < -0.3 is 20.6 Å². The van der Waals surface area contributed by atoms with Crippen LogP contribution in [0.5, 0.6) is 0 Å². The zero-order chi connectivity index (χ0) is 25.1. The van der Waals surface area contributed by atoms with Crippen molar-refractivity contribution in [3.63, 3.8) is 0 Å². The fourth-order valence-corrected chi connectivity index (χ4v) is 5.57. The van der Waals surface area contributed by atoms with Gasteiger partial charge in [0.15, 0.2) is 0 Å². The summed E-state index contributed by atoms with van der Waals surface area (Å²) in [6.45, 7) is 10.4. The van der Waals surface area contributed by atoms with Crippen LogP contribution in [0.3, 0.4) is 0 Å². The molecule has 4 rings (SSSR count). The Bertz CT molecular complexity index is 1050. The highest BCUT2D eigenvalue weighted by Crippen LogP contribution is 2.43. The van der Waals surface area contributed by atoms with Gasteiger partial charge in [-0.25, -0.2) is 4.79 Å². The number of piperidine rings is 1. The molecule has 2 aromatic carbocycles. The first-order chi connectivity index (χ1) is 16.8. The number of benzene rings is 2. The van der Waals surface area contributed by atoms with Gasteiger partial charge in [0.05, 0.1) is 6.04 Å². The minimum atomic E-state index is -0.935. The molecule has 2 heterocycles. The highest BCUT2D eigenvalue weighted by Gasteiger charge is 2.38. The number of nitrogens with one attached hydrogen (secondary N) is 2. The van der Waals surface area contributed by atoms with Crippen molar-refractivity contribution in [1.82, 2.24) is 15.5 Å². The molecule has 2 aromatic rings. The molecule has 188 valence electrons. The zero-order valence-corrected chi connectivity index (χ0v) is 21.3. The van der Waals surface area contributed by atoms with Crippen molar-refractivity contribution < 1.29 is 14.7 Å². The number of fused-ring (bicyclic) bond motifs is 1. The van der Waals surface area contributed by atoms with Gasteiger partial charge in [0.2, 0.25) is 5.91 Å². The SMILES string of the molecule is CC(=O)N1c2ccc(-c3ccc(CNC4CCNCC4)cc3)cc2C(N(C(=O)O)C(C)C)CC1C. The Morgan fingerprint density at radius 3 is 2.37 bits per heavy atom. The van der Waals surface area contributed by atoms with Crippen LogP contribution >= 0.6 is 0 Å². The summed E-state index contributed by atoms with van der Waals surface area (Å²) in [4.78, 5) is 28.0. The van der Waals surface area contributed by atoms with Crippen LogP contribution in [-0.2, 0) is 11.3 Å². The summed E-state index contributed by atoms with van der Waals surface area (Å²) < 4.78 is 0. The Hall–Kier alpha value is -2.90. The molecule has 2 atom stereocenters. The molecule has 2 amide bonds. The minimum absolute atomic E-state index is 0.0260. The molecular formula is C28H38N4O3. The van der Waals surface area contributed by atoms with Crippen molar-refractivity contribution in [3.05, 3.63) is 53.6 Å². The van der Waals surface area contributed by atoms with E-state index in [1.807, 2.05) is 32.9 Å². The van der Waals surface area contributed by atoms with E-state index < -0.39 is 6.09 Å². The van der Waals surface area contributed by atoms with Crippen LogP contribution < -0.4 is 15.5 Å². The summed E-state index contributed by atoms with van der Waals surface area (Å²) in [5, 5.41) is 17.0. The van der Waals surface area contributed by atoms with Crippen molar-refractivity contribution in [1.29, 1.82) is 0 Å². The van der Waals surface area contributed by atoms with Gasteiger partial charge in [-0.3, -0.25) is 9.69 Å². The van der Waals surface area contributed by atoms with Gasteiger partial charge >= 0.3 is 6.09 Å². The maximum absolute atomic E-state index is 12.5. The fraction of sp³-hybridized carbons (Fsp3) is 0.500. The molecule has 1 saturated heterocycles. The van der Waals surface area contributed by atoms with Crippen molar-refractivity contribution in [2.24, 2.45) is 0 Å². The van der Waals surface area contributed by atoms with Gasteiger partial charge in [0.1, 0.15) is 0 Å². The van der Waals surface area contributed by atoms with Crippen LogP contribution in [0.1, 0.15) is 64.1 Å². The summed E-state index contributed by atoms with van der Waals surface area (Å²) in [6, 6.07) is 14.7. The van der Waals surface area contributed by atoms with Crippen LogP contribution in [0, 0.1) is 0 Å². The number of carbonyl (C=O) groups excluding carboxylic acids is 1. The van der Waals surface area contributed by atoms with Gasteiger partial charge in [-0.2, -0.15) is 0 Å². The third kappa shape index (κ3) is 5.52. The van der Waals surface area contributed by atoms with Crippen molar-refractivity contribution in [2.45, 2.75) is 77.7 Å². The number of hydrogen-bond donors (Lipinski definition) is 3. The summed E-state index contributed by atoms with van der Waals surface area (Å²) in [5.74, 6) is -0.0260. The second-order valence-electron chi connectivity index (χ2n) is 10.1. The van der Waals surface area contributed by atoms with Crippen LogP contribution in [-0.4, -0.2) is 53.2 Å². The van der Waals surface area contributed by atoms with Crippen LogP contribution in [0.25, 0.3) is 11.1 Å². The number of hydrogen-bond acceptors (Lipinski definition) is 4. The second kappa shape index (κ2) is 10.8. The lowest BCUT2D eigenvalue weighted by molar-refractivity contribution is -0.117. The first-order valence-corrected chi connectivity index (χ1v) is 12.7. The molecule has 0 aromatic heterocycles. The topological polar surface area (TPSA) is 84.9 Å². The lowest BCUT2D eigenvalue weighted by atomic mass is 9.87. The molecule has 7 nitrogen and oxygen atoms in total. The third-order valence-electron chi connectivity index (χ3n) is 7.32. The first kappa shape index (κ1) is 25.2. The Morgan fingerprint density at radius 2 is 1.77 bits per heavy atom. The molecule has 0 radical (unpaired) electrons. The average Bonchev–Trinajstić information content (AvgIpc) is 2.83. The molecule has 7 heteroatoms. The van der Waals surface area contributed by atoms with Gasteiger partial charge in [0.25, 0.3) is 0 Å². The van der Waals surface area contributed by atoms with Crippen LogP contribution in [0.15, 0.2) is 42.5 Å². The molecule has 35 heavy (non-hydrogen) atoms. The fourth-order valence-electron chi connectivity index (χ4n) is 5.57. The van der Waals surface area contributed by atoms with Crippen molar-refractivity contribution in [3.8, 4) is 11.1 Å². The van der Waals surface area contributed by atoms with E-state index in [9.17, 15) is 14.7 Å². The van der Waals surface area contributed by atoms with Crippen LogP contribution in [0.4, 0.5) is 10.5 Å². The average molecular weight is 479 g/mol. The standard InChI is InChI=1S/C28H38N4O3/c1-18(2)31(28(34)35)27-15-19(3)32(20(4)33)26-10-9-23(16-25(26)27)22-7-5-21(6-8-22)17-30-24-11-13-29-14-12-24/h5-10,16,18-19,24,27,29-30H,11-15,17H2,1-4H3,(H,34,35). The molecule has 0 spiro atoms. The van der Waals surface area contributed by atoms with Gasteiger partial charge in [-0.15, -0.1) is 0 Å².